The highest BCUT2D eigenvalue weighted by Gasteiger charge is 2.43. The first-order chi connectivity index (χ1) is 15.7. The number of carbonyl (C=O) groups is 2. The molecule has 0 aliphatic carbocycles. The lowest BCUT2D eigenvalue weighted by Crippen LogP contribution is -2.42. The Bertz CT molecular complexity index is 968. The molecule has 0 aromatic heterocycles. The number of benzene rings is 2. The summed E-state index contributed by atoms with van der Waals surface area (Å²) in [5.41, 5.74) is 0.386. The molecule has 0 fully saturated rings. The lowest BCUT2D eigenvalue weighted by atomic mass is 10.1. The van der Waals surface area contributed by atoms with Crippen molar-refractivity contribution in [2.75, 3.05) is 30.4 Å². The second-order valence-corrected chi connectivity index (χ2v) is 7.59. The van der Waals surface area contributed by atoms with Crippen LogP contribution in [0.4, 0.5) is 18.9 Å². The quantitative estimate of drug-likeness (QED) is 0.256. The predicted molar refractivity (Wildman–Crippen MR) is 123 cm³/mol. The molecule has 0 aliphatic heterocycles. The Kier molecular flexibility index (Phi) is 9.77. The monoisotopic (exact) mass is 528 g/mol. The number of nitrogens with one attached hydrogen (secondary N) is 1. The molecule has 178 valence electrons. The van der Waals surface area contributed by atoms with Crippen LogP contribution < -0.4 is 19.7 Å². The molecule has 0 radical (unpaired) electrons. The number of ether oxygens (including phenoxy) is 2. The van der Waals surface area contributed by atoms with Gasteiger partial charge in [0.1, 0.15) is 6.61 Å². The maximum atomic E-state index is 13.3. The molecule has 2 aromatic carbocycles. The normalized spacial score (nSPS) is 10.9. The maximum absolute atomic E-state index is 13.3. The van der Waals surface area contributed by atoms with Gasteiger partial charge in [0.15, 0.2) is 11.5 Å². The summed E-state index contributed by atoms with van der Waals surface area (Å²) in [5, 5.41) is 3.26. The molecule has 0 atom stereocenters. The van der Waals surface area contributed by atoms with Gasteiger partial charge in [-0.3, -0.25) is 14.5 Å². The summed E-state index contributed by atoms with van der Waals surface area (Å²) in [7, 11) is 1.35. The van der Waals surface area contributed by atoms with Crippen LogP contribution in [0.5, 0.6) is 11.5 Å². The fourth-order valence-corrected chi connectivity index (χ4v) is 3.18. The number of nitrogens with zero attached hydrogens (tertiary/aromatic N) is 1. The van der Waals surface area contributed by atoms with Crippen molar-refractivity contribution >= 4 is 33.4 Å². The topological polar surface area (TPSA) is 67.9 Å². The van der Waals surface area contributed by atoms with Crippen LogP contribution in [-0.4, -0.2) is 43.5 Å². The van der Waals surface area contributed by atoms with Crippen LogP contribution in [0.25, 0.3) is 0 Å². The average Bonchev–Trinajstić information content (AvgIpc) is 2.80. The van der Waals surface area contributed by atoms with E-state index in [0.717, 1.165) is 11.6 Å². The molecule has 0 spiro atoms. The van der Waals surface area contributed by atoms with Gasteiger partial charge < -0.3 is 14.8 Å². The van der Waals surface area contributed by atoms with E-state index in [9.17, 15) is 22.8 Å². The Morgan fingerprint density at radius 1 is 1.18 bits per heavy atom. The summed E-state index contributed by atoms with van der Waals surface area (Å²) in [6, 6.07) is 11.6. The van der Waals surface area contributed by atoms with E-state index in [-0.39, 0.29) is 35.9 Å². The fraction of sp³-hybridized carbons (Fsp3) is 0.304. The highest BCUT2D eigenvalue weighted by Crippen LogP contribution is 2.37. The number of alkyl halides is 4. The summed E-state index contributed by atoms with van der Waals surface area (Å²) in [5.74, 6) is -2.56. The van der Waals surface area contributed by atoms with Crippen molar-refractivity contribution in [1.29, 1.82) is 0 Å². The molecule has 10 heteroatoms. The van der Waals surface area contributed by atoms with Crippen LogP contribution >= 0.6 is 15.9 Å². The Balaban J connectivity index is 2.55. The zero-order valence-corrected chi connectivity index (χ0v) is 19.5. The molecule has 2 rings (SSSR count). The largest absolute Gasteiger partial charge is 0.493 e. The van der Waals surface area contributed by atoms with E-state index in [1.165, 1.54) is 19.2 Å². The van der Waals surface area contributed by atoms with Crippen LogP contribution in [0, 0.1) is 0 Å². The van der Waals surface area contributed by atoms with Gasteiger partial charge in [-0.05, 0) is 18.1 Å². The Morgan fingerprint density at radius 3 is 2.45 bits per heavy atom. The summed E-state index contributed by atoms with van der Waals surface area (Å²) in [6.45, 7) is 3.35. The number of hydrogen-bond donors (Lipinski definition) is 1. The number of anilines is 1. The van der Waals surface area contributed by atoms with Gasteiger partial charge >= 0.3 is 12.1 Å². The van der Waals surface area contributed by atoms with Crippen LogP contribution in [0.2, 0.25) is 0 Å². The summed E-state index contributed by atoms with van der Waals surface area (Å²) in [6.07, 6.45) is -3.41. The molecule has 0 bridgehead atoms. The second kappa shape index (κ2) is 12.3. The van der Waals surface area contributed by atoms with Gasteiger partial charge in [0.25, 0.3) is 5.91 Å². The summed E-state index contributed by atoms with van der Waals surface area (Å²) >= 11 is 3.25. The Hall–Kier alpha value is -3.01. The molecule has 0 heterocycles. The molecule has 6 nitrogen and oxygen atoms in total. The van der Waals surface area contributed by atoms with Gasteiger partial charge in [-0.15, -0.1) is 6.58 Å². The molecule has 0 unspecified atom stereocenters. The van der Waals surface area contributed by atoms with Crippen LogP contribution in [0.15, 0.2) is 55.1 Å². The third kappa shape index (κ3) is 7.24. The van der Waals surface area contributed by atoms with Gasteiger partial charge in [0.05, 0.1) is 18.4 Å². The number of hydrogen-bond acceptors (Lipinski definition) is 4. The van der Waals surface area contributed by atoms with E-state index in [0.29, 0.717) is 16.7 Å². The number of rotatable bonds is 11. The molecule has 0 saturated carbocycles. The Labute approximate surface area is 198 Å². The zero-order valence-electron chi connectivity index (χ0n) is 18.0. The molecular formula is C23H24BrF3N2O4. The van der Waals surface area contributed by atoms with E-state index in [2.05, 4.69) is 27.8 Å². The third-order valence-electron chi connectivity index (χ3n) is 4.45. The minimum Gasteiger partial charge on any atom is -0.493 e. The van der Waals surface area contributed by atoms with Crippen molar-refractivity contribution in [3.8, 4) is 11.5 Å². The third-order valence-corrected chi connectivity index (χ3v) is 5.01. The van der Waals surface area contributed by atoms with Crippen LogP contribution in [0.3, 0.4) is 0 Å². The van der Waals surface area contributed by atoms with Crippen molar-refractivity contribution in [3.63, 3.8) is 0 Å². The highest BCUT2D eigenvalue weighted by molar-refractivity contribution is 9.09. The molecule has 0 saturated heterocycles. The van der Waals surface area contributed by atoms with Crippen LogP contribution in [0.1, 0.15) is 22.3 Å². The van der Waals surface area contributed by atoms with Crippen LogP contribution in [-0.2, 0) is 11.4 Å². The standard InChI is InChI=1S/C23H24BrF3N2O4/c1-3-12-29(22(31)23(25,26)27)18-14-20(33-15-16-8-5-4-6-9-16)19(32-2)13-17(18)21(30)28-11-7-10-24/h3-6,8-9,13-14H,1,7,10-12,15H2,2H3,(H,28,30). The SMILES string of the molecule is C=CCN(C(=O)C(F)(F)F)c1cc(OCc2ccccc2)c(OC)cc1C(=O)NCCCBr. The zero-order chi connectivity index (χ0) is 24.4. The number of halogens is 4. The predicted octanol–water partition coefficient (Wildman–Crippen LogP) is 4.87. The molecule has 0 aliphatic rings. The average molecular weight is 529 g/mol. The number of carbonyl (C=O) groups excluding carboxylic acids is 2. The summed E-state index contributed by atoms with van der Waals surface area (Å²) in [4.78, 5) is 25.4. The number of amides is 2. The van der Waals surface area contributed by atoms with Crippen molar-refractivity contribution in [2.24, 2.45) is 0 Å². The lowest BCUT2D eigenvalue weighted by Gasteiger charge is -2.26. The summed E-state index contributed by atoms with van der Waals surface area (Å²) < 4.78 is 51.0. The first kappa shape index (κ1) is 26.2. The maximum Gasteiger partial charge on any atom is 0.471 e. The van der Waals surface area contributed by atoms with Crippen molar-refractivity contribution in [3.05, 3.63) is 66.2 Å². The van der Waals surface area contributed by atoms with E-state index in [4.69, 9.17) is 9.47 Å². The van der Waals surface area contributed by atoms with Gasteiger partial charge in [-0.1, -0.05) is 52.3 Å². The first-order valence-electron chi connectivity index (χ1n) is 9.95. The van der Waals surface area contributed by atoms with E-state index >= 15 is 0 Å². The molecule has 2 aromatic rings. The van der Waals surface area contributed by atoms with Crippen molar-refractivity contribution < 1.29 is 32.2 Å². The van der Waals surface area contributed by atoms with E-state index in [1.807, 2.05) is 30.3 Å². The van der Waals surface area contributed by atoms with Gasteiger partial charge in [-0.25, -0.2) is 0 Å². The smallest absolute Gasteiger partial charge is 0.471 e. The minimum absolute atomic E-state index is 0.0809. The van der Waals surface area contributed by atoms with E-state index in [1.54, 1.807) is 0 Å². The highest BCUT2D eigenvalue weighted by atomic mass is 79.9. The van der Waals surface area contributed by atoms with Crippen molar-refractivity contribution in [1.82, 2.24) is 5.32 Å². The van der Waals surface area contributed by atoms with E-state index < -0.39 is 24.5 Å². The molecule has 33 heavy (non-hydrogen) atoms. The van der Waals surface area contributed by atoms with Gasteiger partial charge in [0, 0.05) is 24.5 Å². The second-order valence-electron chi connectivity index (χ2n) is 6.80. The lowest BCUT2D eigenvalue weighted by molar-refractivity contribution is -0.170. The fourth-order valence-electron chi connectivity index (χ4n) is 2.90. The Morgan fingerprint density at radius 2 is 1.88 bits per heavy atom. The number of methoxy groups -OCH3 is 1. The van der Waals surface area contributed by atoms with Gasteiger partial charge in [-0.2, -0.15) is 13.2 Å². The molecule has 2 amide bonds. The molecular weight excluding hydrogens is 505 g/mol. The molecule has 1 N–H and O–H groups in total. The first-order valence-corrected chi connectivity index (χ1v) is 11.1. The van der Waals surface area contributed by atoms with Gasteiger partial charge in [0.2, 0.25) is 0 Å². The van der Waals surface area contributed by atoms with Crippen molar-refractivity contribution in [2.45, 2.75) is 19.2 Å². The minimum atomic E-state index is -5.16.